The van der Waals surface area contributed by atoms with Gasteiger partial charge in [0.15, 0.2) is 0 Å². The predicted octanol–water partition coefficient (Wildman–Crippen LogP) is 7.48. The van der Waals surface area contributed by atoms with Gasteiger partial charge >= 0.3 is 5.97 Å². The Morgan fingerprint density at radius 3 is 1.65 bits per heavy atom. The maximum Gasteiger partial charge on any atom is 0.341 e. The van der Waals surface area contributed by atoms with Gasteiger partial charge in [0, 0.05) is 4.88 Å². The largest absolute Gasteiger partial charge is 0.462 e. The summed E-state index contributed by atoms with van der Waals surface area (Å²) in [6.45, 7) is 1.64. The number of fused-ring (bicyclic) bond motifs is 2. The molecule has 0 aliphatic rings. The average molecular weight is 628 g/mol. The fraction of sp³-hybridized carbons (Fsp3) is 0.0606. The Kier molecular flexibility index (Phi) is 7.51. The molecule has 5 aromatic carbocycles. The number of hydrogen-bond donors (Lipinski definition) is 0. The van der Waals surface area contributed by atoms with Crippen molar-refractivity contribution in [3.05, 3.63) is 127 Å². The van der Waals surface area contributed by atoms with E-state index in [9.17, 15) is 21.6 Å². The van der Waals surface area contributed by atoms with Crippen LogP contribution in [-0.2, 0) is 24.8 Å². The van der Waals surface area contributed by atoms with Crippen molar-refractivity contribution in [2.75, 3.05) is 10.3 Å². The van der Waals surface area contributed by atoms with Crippen molar-refractivity contribution in [3.8, 4) is 10.4 Å². The van der Waals surface area contributed by atoms with Gasteiger partial charge in [0.2, 0.25) is 0 Å². The predicted molar refractivity (Wildman–Crippen MR) is 170 cm³/mol. The quantitative estimate of drug-likeness (QED) is 0.162. The van der Waals surface area contributed by atoms with Crippen molar-refractivity contribution in [1.29, 1.82) is 0 Å². The van der Waals surface area contributed by atoms with Crippen molar-refractivity contribution >= 4 is 63.9 Å². The van der Waals surface area contributed by atoms with Crippen LogP contribution in [0.2, 0.25) is 0 Å². The number of anilines is 1. The first-order valence-electron chi connectivity index (χ1n) is 13.3. The molecule has 43 heavy (non-hydrogen) atoms. The first kappa shape index (κ1) is 28.6. The molecule has 0 saturated carbocycles. The molecule has 10 heteroatoms. The number of ether oxygens (including phenoxy) is 1. The summed E-state index contributed by atoms with van der Waals surface area (Å²) in [5, 5.41) is 2.54. The van der Waals surface area contributed by atoms with Gasteiger partial charge in [-0.2, -0.15) is 16.8 Å². The third-order valence-corrected chi connectivity index (χ3v) is 12.4. The van der Waals surface area contributed by atoms with E-state index < -0.39 is 26.0 Å². The lowest BCUT2D eigenvalue weighted by molar-refractivity contribution is 0.0528. The Bertz CT molecular complexity index is 2100. The second-order valence-electron chi connectivity index (χ2n) is 9.64. The van der Waals surface area contributed by atoms with Gasteiger partial charge in [-0.1, -0.05) is 91.0 Å². The minimum Gasteiger partial charge on any atom is -0.462 e. The van der Waals surface area contributed by atoms with E-state index in [0.717, 1.165) is 22.1 Å². The van der Waals surface area contributed by atoms with Crippen LogP contribution in [0.1, 0.15) is 17.3 Å². The molecule has 6 aromatic rings. The van der Waals surface area contributed by atoms with Gasteiger partial charge in [0.1, 0.15) is 5.00 Å². The Balaban J connectivity index is 1.63. The smallest absolute Gasteiger partial charge is 0.341 e. The number of nitrogens with zero attached hydrogens (tertiary/aromatic N) is 1. The highest BCUT2D eigenvalue weighted by Crippen LogP contribution is 2.43. The van der Waals surface area contributed by atoms with E-state index in [0.29, 0.717) is 24.9 Å². The number of carbonyl (C=O) groups excluding carboxylic acids is 1. The van der Waals surface area contributed by atoms with Crippen LogP contribution in [-0.4, -0.2) is 29.4 Å². The summed E-state index contributed by atoms with van der Waals surface area (Å²) < 4.78 is 63.8. The molecule has 0 aliphatic heterocycles. The molecule has 0 amide bonds. The van der Waals surface area contributed by atoms with Crippen LogP contribution >= 0.6 is 11.3 Å². The number of hydrogen-bond acceptors (Lipinski definition) is 7. The minimum atomic E-state index is -4.80. The van der Waals surface area contributed by atoms with Gasteiger partial charge in [-0.25, -0.2) is 4.79 Å². The van der Waals surface area contributed by atoms with E-state index in [1.165, 1.54) is 30.3 Å². The number of rotatable bonds is 8. The van der Waals surface area contributed by atoms with Gasteiger partial charge in [-0.3, -0.25) is 0 Å². The summed E-state index contributed by atoms with van der Waals surface area (Å²) in [6.07, 6.45) is 0. The van der Waals surface area contributed by atoms with Crippen molar-refractivity contribution < 1.29 is 26.4 Å². The van der Waals surface area contributed by atoms with Gasteiger partial charge in [0.25, 0.3) is 20.0 Å². The third kappa shape index (κ3) is 5.29. The van der Waals surface area contributed by atoms with Gasteiger partial charge in [0.05, 0.1) is 22.0 Å². The summed E-state index contributed by atoms with van der Waals surface area (Å²) in [6, 6.07) is 33.7. The minimum absolute atomic E-state index is 0.0175. The molecule has 0 bridgehead atoms. The molecule has 0 radical (unpaired) electrons. The zero-order chi connectivity index (χ0) is 30.2. The summed E-state index contributed by atoms with van der Waals surface area (Å²) >= 11 is 0.892. The van der Waals surface area contributed by atoms with Crippen molar-refractivity contribution in [3.63, 3.8) is 0 Å². The number of thiophene rings is 1. The van der Waals surface area contributed by atoms with E-state index in [2.05, 4.69) is 0 Å². The second-order valence-corrected chi connectivity index (χ2v) is 14.5. The molecule has 0 N–H and O–H groups in total. The van der Waals surface area contributed by atoms with E-state index >= 15 is 0 Å². The van der Waals surface area contributed by atoms with E-state index in [-0.39, 0.29) is 27.0 Å². The molecule has 0 spiro atoms. The van der Waals surface area contributed by atoms with Crippen LogP contribution in [0.15, 0.2) is 131 Å². The molecule has 6 rings (SSSR count). The number of esters is 1. The van der Waals surface area contributed by atoms with Crippen LogP contribution in [0.5, 0.6) is 0 Å². The second kappa shape index (κ2) is 11.3. The lowest BCUT2D eigenvalue weighted by Crippen LogP contribution is -2.37. The molecule has 1 heterocycles. The maximum atomic E-state index is 14.5. The number of sulfonamides is 2. The van der Waals surface area contributed by atoms with Crippen LogP contribution in [0.25, 0.3) is 32.0 Å². The van der Waals surface area contributed by atoms with Crippen LogP contribution < -0.4 is 3.71 Å². The summed E-state index contributed by atoms with van der Waals surface area (Å²) in [5.74, 6) is -0.830. The van der Waals surface area contributed by atoms with E-state index in [4.69, 9.17) is 4.74 Å². The molecule has 0 atom stereocenters. The highest BCUT2D eigenvalue weighted by molar-refractivity contribution is 8.10. The monoisotopic (exact) mass is 627 g/mol. The Morgan fingerprint density at radius 1 is 0.651 bits per heavy atom. The van der Waals surface area contributed by atoms with Crippen LogP contribution in [0, 0.1) is 0 Å². The topological polar surface area (TPSA) is 97.8 Å². The lowest BCUT2D eigenvalue weighted by atomic mass is 10.1. The fourth-order valence-corrected chi connectivity index (χ4v) is 10.2. The molecule has 0 aliphatic carbocycles. The first-order valence-corrected chi connectivity index (χ1v) is 17.0. The first-order chi connectivity index (χ1) is 20.7. The van der Waals surface area contributed by atoms with Gasteiger partial charge in [-0.15, -0.1) is 15.0 Å². The maximum absolute atomic E-state index is 14.5. The van der Waals surface area contributed by atoms with Crippen LogP contribution in [0.3, 0.4) is 0 Å². The Morgan fingerprint density at radius 2 is 1.14 bits per heavy atom. The average Bonchev–Trinajstić information content (AvgIpc) is 3.45. The van der Waals surface area contributed by atoms with E-state index in [1.807, 2.05) is 30.3 Å². The van der Waals surface area contributed by atoms with Gasteiger partial charge in [-0.05, 0) is 64.4 Å². The molecule has 216 valence electrons. The molecular formula is C33H25NO6S3. The summed E-state index contributed by atoms with van der Waals surface area (Å²) in [4.78, 5) is 13.3. The molecule has 0 fully saturated rings. The molecular weight excluding hydrogens is 603 g/mol. The standard InChI is InChI=1S/C33H25NO6S3/c1-2-40-33(35)30-22-31(25-12-4-3-5-13-25)41-32(30)34(42(36,37)28-18-16-23-10-6-8-14-26(23)20-28)43(38,39)29-19-17-24-11-7-9-15-27(24)21-29/h3-22H,2H2,1H3. The number of carbonyl (C=O) groups is 1. The van der Waals surface area contributed by atoms with Gasteiger partial charge < -0.3 is 4.74 Å². The zero-order valence-corrected chi connectivity index (χ0v) is 25.3. The molecule has 0 saturated heterocycles. The molecule has 7 nitrogen and oxygen atoms in total. The zero-order valence-electron chi connectivity index (χ0n) is 22.9. The Labute approximate surface area is 253 Å². The lowest BCUT2D eigenvalue weighted by Gasteiger charge is -2.24. The number of benzene rings is 5. The highest BCUT2D eigenvalue weighted by Gasteiger charge is 2.41. The third-order valence-electron chi connectivity index (χ3n) is 6.91. The Hall–Kier alpha value is -4.51. The van der Waals surface area contributed by atoms with Crippen molar-refractivity contribution in [2.24, 2.45) is 0 Å². The van der Waals surface area contributed by atoms with Crippen molar-refractivity contribution in [2.45, 2.75) is 16.7 Å². The molecule has 0 unspecified atom stereocenters. The van der Waals surface area contributed by atoms with E-state index in [1.54, 1.807) is 67.6 Å². The summed E-state index contributed by atoms with van der Waals surface area (Å²) in [5.41, 5.74) is 0.523. The van der Waals surface area contributed by atoms with Crippen molar-refractivity contribution in [1.82, 2.24) is 0 Å². The SMILES string of the molecule is CCOC(=O)c1cc(-c2ccccc2)sc1N(S(=O)(=O)c1ccc2ccccc2c1)S(=O)(=O)c1ccc2ccccc2c1. The highest BCUT2D eigenvalue weighted by atomic mass is 32.3. The van der Waals surface area contributed by atoms with Crippen LogP contribution in [0.4, 0.5) is 5.00 Å². The summed E-state index contributed by atoms with van der Waals surface area (Å²) in [7, 11) is -9.59. The fourth-order valence-electron chi connectivity index (χ4n) is 4.81. The molecule has 1 aromatic heterocycles. The normalized spacial score (nSPS) is 11.9.